The van der Waals surface area contributed by atoms with E-state index in [-0.39, 0.29) is 18.3 Å². The monoisotopic (exact) mass is 535 g/mol. The number of hydrogen-bond acceptors (Lipinski definition) is 6. The standard InChI is InChI=1S/C28H31ClFN7O/c1-14-6-8-20(22(29)10-14)26-25(27(38)33-13-21(15(2)31)16(3)32-5)17(4)34-28(37-26)36-24-12-18-11-19(30)7-9-23(18)35-24/h6-11,26H,12-13,31H2,1-5H3,(H,33,38)(H2,34,35,36,37)/b21-15-,32-16?. The highest BCUT2D eigenvalue weighted by atomic mass is 35.5. The number of halogens is 2. The number of anilines is 1. The van der Waals surface area contributed by atoms with Crippen LogP contribution in [0.15, 0.2) is 73.9 Å². The van der Waals surface area contributed by atoms with Gasteiger partial charge in [0.2, 0.25) is 5.96 Å². The minimum atomic E-state index is -0.697. The molecule has 198 valence electrons. The van der Waals surface area contributed by atoms with E-state index in [1.165, 1.54) is 12.1 Å². The molecule has 0 fully saturated rings. The van der Waals surface area contributed by atoms with E-state index in [9.17, 15) is 9.18 Å². The van der Waals surface area contributed by atoms with Crippen molar-refractivity contribution in [2.24, 2.45) is 20.7 Å². The molecule has 0 radical (unpaired) electrons. The van der Waals surface area contributed by atoms with Gasteiger partial charge in [0.15, 0.2) is 0 Å². The number of nitrogens with two attached hydrogens (primary N) is 1. The number of fused-ring (bicyclic) bond motifs is 1. The molecule has 4 rings (SSSR count). The molecular formula is C28H31ClFN7O. The summed E-state index contributed by atoms with van der Waals surface area (Å²) in [5.41, 5.74) is 12.4. The predicted molar refractivity (Wildman–Crippen MR) is 152 cm³/mol. The number of allylic oxidation sites excluding steroid dienone is 2. The summed E-state index contributed by atoms with van der Waals surface area (Å²) in [7, 11) is 1.68. The first-order valence-corrected chi connectivity index (χ1v) is 12.6. The number of carbonyl (C=O) groups is 1. The third kappa shape index (κ3) is 5.78. The number of amides is 1. The summed E-state index contributed by atoms with van der Waals surface area (Å²) in [6.45, 7) is 7.58. The number of rotatable bonds is 5. The Labute approximate surface area is 226 Å². The van der Waals surface area contributed by atoms with Gasteiger partial charge in [-0.3, -0.25) is 9.79 Å². The van der Waals surface area contributed by atoms with Crippen LogP contribution in [0.3, 0.4) is 0 Å². The molecule has 10 heteroatoms. The van der Waals surface area contributed by atoms with Crippen LogP contribution >= 0.6 is 11.6 Å². The molecule has 38 heavy (non-hydrogen) atoms. The van der Waals surface area contributed by atoms with Gasteiger partial charge >= 0.3 is 0 Å². The third-order valence-corrected chi connectivity index (χ3v) is 6.87. The maximum Gasteiger partial charge on any atom is 0.251 e. The number of nitrogens with one attached hydrogen (secondary N) is 3. The molecular weight excluding hydrogens is 505 g/mol. The highest BCUT2D eigenvalue weighted by molar-refractivity contribution is 6.31. The summed E-state index contributed by atoms with van der Waals surface area (Å²) in [5, 5.41) is 9.82. The van der Waals surface area contributed by atoms with Crippen molar-refractivity contribution in [1.29, 1.82) is 0 Å². The lowest BCUT2D eigenvalue weighted by molar-refractivity contribution is -0.117. The Bertz CT molecular complexity index is 1450. The van der Waals surface area contributed by atoms with Crippen molar-refractivity contribution in [3.05, 3.63) is 86.5 Å². The topological polar surface area (TPSA) is 116 Å². The first-order valence-electron chi connectivity index (χ1n) is 12.2. The maximum absolute atomic E-state index is 13.7. The van der Waals surface area contributed by atoms with Crippen LogP contribution in [-0.4, -0.2) is 37.0 Å². The van der Waals surface area contributed by atoms with Gasteiger partial charge in [0.05, 0.1) is 5.57 Å². The summed E-state index contributed by atoms with van der Waals surface area (Å²) in [5.74, 6) is 0.334. The number of hydrogen-bond donors (Lipinski definition) is 4. The Morgan fingerprint density at radius 1 is 1.21 bits per heavy atom. The van der Waals surface area contributed by atoms with Crippen LogP contribution in [0.5, 0.6) is 0 Å². The van der Waals surface area contributed by atoms with E-state index >= 15 is 0 Å². The zero-order valence-electron chi connectivity index (χ0n) is 22.0. The number of guanidine groups is 1. The smallest absolute Gasteiger partial charge is 0.251 e. The van der Waals surface area contributed by atoms with Crippen molar-refractivity contribution in [2.75, 3.05) is 18.9 Å². The summed E-state index contributed by atoms with van der Waals surface area (Å²) >= 11 is 6.64. The molecule has 2 aliphatic rings. The van der Waals surface area contributed by atoms with Gasteiger partial charge in [0.25, 0.3) is 5.91 Å². The quantitative estimate of drug-likeness (QED) is 0.420. The molecule has 2 aromatic rings. The molecule has 8 nitrogen and oxygen atoms in total. The Balaban J connectivity index is 1.67. The van der Waals surface area contributed by atoms with Gasteiger partial charge in [-0.05, 0) is 63.1 Å². The molecule has 0 aliphatic carbocycles. The second kappa shape index (κ2) is 11.2. The van der Waals surface area contributed by atoms with Gasteiger partial charge in [-0.1, -0.05) is 23.7 Å². The SMILES string of the molecule is CN=C(C)/C(CNC(=O)C1=C(C)NC(/N=C2/Cc3cc(F)ccc3N2)=NC1c1ccc(C)cc1Cl)=C(/C)N. The van der Waals surface area contributed by atoms with Crippen molar-refractivity contribution in [3.8, 4) is 0 Å². The van der Waals surface area contributed by atoms with Crippen LogP contribution in [-0.2, 0) is 11.2 Å². The first kappa shape index (κ1) is 27.1. The Hall–Kier alpha value is -3.98. The zero-order chi connectivity index (χ0) is 27.6. The molecule has 1 amide bonds. The number of nitrogens with zero attached hydrogens (tertiary/aromatic N) is 3. The fraction of sp³-hybridized carbons (Fsp3) is 0.286. The van der Waals surface area contributed by atoms with Crippen molar-refractivity contribution < 1.29 is 9.18 Å². The van der Waals surface area contributed by atoms with E-state index in [1.54, 1.807) is 27.0 Å². The average Bonchev–Trinajstić information content (AvgIpc) is 3.24. The fourth-order valence-corrected chi connectivity index (χ4v) is 4.79. The summed E-state index contributed by atoms with van der Waals surface area (Å²) in [4.78, 5) is 27.2. The number of amidine groups is 1. The van der Waals surface area contributed by atoms with E-state index in [0.717, 1.165) is 28.1 Å². The van der Waals surface area contributed by atoms with Crippen LogP contribution in [0.1, 0.15) is 43.5 Å². The summed E-state index contributed by atoms with van der Waals surface area (Å²) < 4.78 is 13.7. The van der Waals surface area contributed by atoms with E-state index in [1.807, 2.05) is 32.0 Å². The van der Waals surface area contributed by atoms with Crippen molar-refractivity contribution in [1.82, 2.24) is 10.6 Å². The Morgan fingerprint density at radius 2 is 1.97 bits per heavy atom. The lowest BCUT2D eigenvalue weighted by Gasteiger charge is -2.26. The van der Waals surface area contributed by atoms with E-state index in [4.69, 9.17) is 22.3 Å². The highest BCUT2D eigenvalue weighted by Gasteiger charge is 2.31. The minimum absolute atomic E-state index is 0.215. The molecule has 0 aromatic heterocycles. The largest absolute Gasteiger partial charge is 0.402 e. The maximum atomic E-state index is 13.7. The summed E-state index contributed by atoms with van der Waals surface area (Å²) in [6.07, 6.45) is 0.436. The molecule has 0 saturated carbocycles. The summed E-state index contributed by atoms with van der Waals surface area (Å²) in [6, 6.07) is 9.52. The van der Waals surface area contributed by atoms with Gasteiger partial charge in [0, 0.05) is 59.0 Å². The lowest BCUT2D eigenvalue weighted by atomic mass is 9.94. The molecule has 1 unspecified atom stereocenters. The molecule has 0 spiro atoms. The normalized spacial score (nSPS) is 18.9. The number of carbonyl (C=O) groups excluding carboxylic acids is 1. The van der Waals surface area contributed by atoms with E-state index in [2.05, 4.69) is 25.9 Å². The second-order valence-corrected chi connectivity index (χ2v) is 9.77. The number of aryl methyl sites for hydroxylation is 1. The second-order valence-electron chi connectivity index (χ2n) is 9.36. The van der Waals surface area contributed by atoms with Crippen LogP contribution in [0.2, 0.25) is 5.02 Å². The third-order valence-electron chi connectivity index (χ3n) is 6.54. The molecule has 2 aromatic carbocycles. The number of benzene rings is 2. The molecule has 1 atom stereocenters. The first-order chi connectivity index (χ1) is 18.1. The van der Waals surface area contributed by atoms with Crippen molar-refractivity contribution in [3.63, 3.8) is 0 Å². The Kier molecular flexibility index (Phi) is 7.97. The van der Waals surface area contributed by atoms with Gasteiger partial charge < -0.3 is 21.7 Å². The van der Waals surface area contributed by atoms with E-state index < -0.39 is 6.04 Å². The zero-order valence-corrected chi connectivity index (χ0v) is 22.8. The van der Waals surface area contributed by atoms with Crippen molar-refractivity contribution >= 4 is 40.7 Å². The van der Waals surface area contributed by atoms with E-state index in [0.29, 0.717) is 45.8 Å². The van der Waals surface area contributed by atoms with Gasteiger partial charge in [-0.2, -0.15) is 4.99 Å². The fourth-order valence-electron chi connectivity index (χ4n) is 4.45. The molecule has 2 heterocycles. The minimum Gasteiger partial charge on any atom is -0.402 e. The highest BCUT2D eigenvalue weighted by Crippen LogP contribution is 2.35. The predicted octanol–water partition coefficient (Wildman–Crippen LogP) is 4.57. The van der Waals surface area contributed by atoms with Crippen LogP contribution in [0, 0.1) is 12.7 Å². The van der Waals surface area contributed by atoms with Gasteiger partial charge in [0.1, 0.15) is 17.7 Å². The van der Waals surface area contributed by atoms with Gasteiger partial charge in [-0.15, -0.1) is 0 Å². The molecule has 0 saturated heterocycles. The molecule has 0 bridgehead atoms. The number of aliphatic imine (C=N–C) groups is 3. The Morgan fingerprint density at radius 3 is 2.66 bits per heavy atom. The van der Waals surface area contributed by atoms with Crippen LogP contribution in [0.4, 0.5) is 10.1 Å². The van der Waals surface area contributed by atoms with Crippen LogP contribution < -0.4 is 21.7 Å². The van der Waals surface area contributed by atoms with Crippen LogP contribution in [0.25, 0.3) is 0 Å². The average molecular weight is 536 g/mol. The van der Waals surface area contributed by atoms with Gasteiger partial charge in [-0.25, -0.2) is 9.38 Å². The van der Waals surface area contributed by atoms with Crippen molar-refractivity contribution in [2.45, 2.75) is 40.2 Å². The molecule has 2 aliphatic heterocycles. The lowest BCUT2D eigenvalue weighted by Crippen LogP contribution is -2.37. The molecule has 5 N–H and O–H groups in total.